The number of rotatable bonds is 7. The summed E-state index contributed by atoms with van der Waals surface area (Å²) >= 11 is 8.18. The van der Waals surface area contributed by atoms with E-state index in [1.54, 1.807) is 0 Å². The summed E-state index contributed by atoms with van der Waals surface area (Å²) < 4.78 is 0. The molecule has 0 rings (SSSR count). The predicted octanol–water partition coefficient (Wildman–Crippen LogP) is 3.37. The van der Waals surface area contributed by atoms with Gasteiger partial charge in [0.2, 0.25) is 0 Å². The molecule has 0 heterocycles. The largest absolute Gasteiger partial charge is 0.314 e. The third-order valence-corrected chi connectivity index (χ3v) is 3.04. The molecular weight excluding hydrogens is 214 g/mol. The van der Waals surface area contributed by atoms with Gasteiger partial charge in [0.1, 0.15) is 0 Å². The number of halogens is 1. The maximum absolute atomic E-state index is 6.21. The Morgan fingerprint density at radius 2 is 2.00 bits per heavy atom. The second-order valence-corrected chi connectivity index (χ2v) is 6.77. The first-order valence-electron chi connectivity index (χ1n) is 5.38. The summed E-state index contributed by atoms with van der Waals surface area (Å²) in [4.78, 5) is 0. The Labute approximate surface area is 98.4 Å². The quantitative estimate of drug-likeness (QED) is 0.538. The van der Waals surface area contributed by atoms with Gasteiger partial charge in [-0.3, -0.25) is 0 Å². The first kappa shape index (κ1) is 14.6. The van der Waals surface area contributed by atoms with Gasteiger partial charge in [0.15, 0.2) is 0 Å². The molecule has 0 saturated heterocycles. The van der Waals surface area contributed by atoms with E-state index >= 15 is 0 Å². The molecule has 1 nitrogen and oxygen atoms in total. The third-order valence-electron chi connectivity index (χ3n) is 1.83. The smallest absolute Gasteiger partial charge is 0.0465 e. The van der Waals surface area contributed by atoms with Gasteiger partial charge in [-0.15, -0.1) is 11.6 Å². The molecule has 0 aliphatic carbocycles. The van der Waals surface area contributed by atoms with Gasteiger partial charge in [0.05, 0.1) is 0 Å². The summed E-state index contributed by atoms with van der Waals surface area (Å²) in [6.07, 6.45) is 1.07. The van der Waals surface area contributed by atoms with Crippen LogP contribution in [0.4, 0.5) is 0 Å². The van der Waals surface area contributed by atoms with Gasteiger partial charge >= 0.3 is 0 Å². The van der Waals surface area contributed by atoms with Crippen LogP contribution in [0.25, 0.3) is 0 Å². The summed E-state index contributed by atoms with van der Waals surface area (Å²) in [6, 6.07) is 0. The summed E-state index contributed by atoms with van der Waals surface area (Å²) in [7, 11) is 0. The van der Waals surface area contributed by atoms with Crippen molar-refractivity contribution < 1.29 is 0 Å². The maximum atomic E-state index is 6.21. The molecule has 0 aromatic carbocycles. The molecule has 0 aliphatic heterocycles. The third kappa shape index (κ3) is 10.7. The van der Waals surface area contributed by atoms with Crippen LogP contribution in [0.1, 0.15) is 34.1 Å². The van der Waals surface area contributed by atoms with Crippen molar-refractivity contribution in [3.8, 4) is 0 Å². The molecule has 0 amide bonds. The van der Waals surface area contributed by atoms with Crippen molar-refractivity contribution in [2.45, 2.75) is 39.5 Å². The van der Waals surface area contributed by atoms with Gasteiger partial charge in [-0.25, -0.2) is 0 Å². The average molecular weight is 238 g/mol. The highest BCUT2D eigenvalue weighted by atomic mass is 35.5. The minimum Gasteiger partial charge on any atom is -0.314 e. The van der Waals surface area contributed by atoms with E-state index in [1.165, 1.54) is 11.5 Å². The number of nitrogens with one attached hydrogen (secondary N) is 1. The highest BCUT2D eigenvalue weighted by Crippen LogP contribution is 2.23. The van der Waals surface area contributed by atoms with Gasteiger partial charge in [0.25, 0.3) is 0 Å². The monoisotopic (exact) mass is 237 g/mol. The number of thioether (sulfide) groups is 1. The lowest BCUT2D eigenvalue weighted by atomic mass is 9.90. The lowest BCUT2D eigenvalue weighted by molar-refractivity contribution is 0.365. The molecule has 1 unspecified atom stereocenters. The minimum atomic E-state index is 0.265. The number of alkyl halides is 1. The molecule has 0 aromatic rings. The molecule has 0 fully saturated rings. The fourth-order valence-corrected chi connectivity index (χ4v) is 2.43. The SMILES string of the molecule is CCSCCNCC(Cl)CC(C)(C)C. The van der Waals surface area contributed by atoms with Crippen LogP contribution in [0.15, 0.2) is 0 Å². The fraction of sp³-hybridized carbons (Fsp3) is 1.00. The Hall–Kier alpha value is 0.600. The second-order valence-electron chi connectivity index (χ2n) is 4.76. The number of hydrogen-bond acceptors (Lipinski definition) is 2. The highest BCUT2D eigenvalue weighted by molar-refractivity contribution is 7.99. The van der Waals surface area contributed by atoms with Gasteiger partial charge in [-0.05, 0) is 17.6 Å². The van der Waals surface area contributed by atoms with E-state index in [1.807, 2.05) is 11.8 Å². The topological polar surface area (TPSA) is 12.0 Å². The Balaban J connectivity index is 3.31. The fourth-order valence-electron chi connectivity index (χ4n) is 1.28. The van der Waals surface area contributed by atoms with Gasteiger partial charge in [-0.2, -0.15) is 11.8 Å². The van der Waals surface area contributed by atoms with Crippen LogP contribution in [-0.4, -0.2) is 30.0 Å². The van der Waals surface area contributed by atoms with Crippen molar-refractivity contribution in [3.05, 3.63) is 0 Å². The normalized spacial score (nSPS) is 14.4. The van der Waals surface area contributed by atoms with E-state index < -0.39 is 0 Å². The van der Waals surface area contributed by atoms with Crippen LogP contribution in [-0.2, 0) is 0 Å². The zero-order valence-electron chi connectivity index (χ0n) is 9.90. The molecule has 0 saturated carbocycles. The Bertz CT molecular complexity index is 134. The van der Waals surface area contributed by atoms with Crippen molar-refractivity contribution in [2.24, 2.45) is 5.41 Å². The highest BCUT2D eigenvalue weighted by Gasteiger charge is 2.15. The Morgan fingerprint density at radius 1 is 1.36 bits per heavy atom. The van der Waals surface area contributed by atoms with Crippen LogP contribution in [0.5, 0.6) is 0 Å². The Kier molecular flexibility index (Phi) is 8.17. The first-order valence-corrected chi connectivity index (χ1v) is 6.97. The zero-order valence-corrected chi connectivity index (χ0v) is 11.5. The van der Waals surface area contributed by atoms with E-state index in [0.29, 0.717) is 5.41 Å². The lowest BCUT2D eigenvalue weighted by Gasteiger charge is -2.21. The van der Waals surface area contributed by atoms with Crippen molar-refractivity contribution in [1.82, 2.24) is 5.32 Å². The molecule has 0 aliphatic rings. The van der Waals surface area contributed by atoms with E-state index in [4.69, 9.17) is 11.6 Å². The summed E-state index contributed by atoms with van der Waals surface area (Å²) in [5.74, 6) is 2.39. The first-order chi connectivity index (χ1) is 6.45. The van der Waals surface area contributed by atoms with E-state index in [-0.39, 0.29) is 5.38 Å². The number of hydrogen-bond donors (Lipinski definition) is 1. The predicted molar refractivity (Wildman–Crippen MR) is 69.6 cm³/mol. The molecule has 14 heavy (non-hydrogen) atoms. The molecule has 3 heteroatoms. The van der Waals surface area contributed by atoms with Crippen molar-refractivity contribution >= 4 is 23.4 Å². The van der Waals surface area contributed by atoms with Crippen molar-refractivity contribution in [3.63, 3.8) is 0 Å². The Morgan fingerprint density at radius 3 is 2.50 bits per heavy atom. The molecule has 0 bridgehead atoms. The van der Waals surface area contributed by atoms with Gasteiger partial charge < -0.3 is 5.32 Å². The van der Waals surface area contributed by atoms with E-state index in [9.17, 15) is 0 Å². The van der Waals surface area contributed by atoms with Gasteiger partial charge in [0, 0.05) is 24.2 Å². The summed E-state index contributed by atoms with van der Waals surface area (Å²) in [5, 5.41) is 3.66. The van der Waals surface area contributed by atoms with Crippen molar-refractivity contribution in [2.75, 3.05) is 24.6 Å². The van der Waals surface area contributed by atoms with Crippen LogP contribution in [0, 0.1) is 5.41 Å². The summed E-state index contributed by atoms with van der Waals surface area (Å²) in [5.41, 5.74) is 0.340. The van der Waals surface area contributed by atoms with Crippen LogP contribution >= 0.6 is 23.4 Å². The van der Waals surface area contributed by atoms with E-state index in [2.05, 4.69) is 33.0 Å². The minimum absolute atomic E-state index is 0.265. The molecule has 1 N–H and O–H groups in total. The molecule has 0 aromatic heterocycles. The average Bonchev–Trinajstić information content (AvgIpc) is 2.00. The molecule has 0 radical (unpaired) electrons. The molecular formula is C11H24ClNS. The molecule has 1 atom stereocenters. The van der Waals surface area contributed by atoms with Gasteiger partial charge in [-0.1, -0.05) is 27.7 Å². The zero-order chi connectivity index (χ0) is 11.0. The van der Waals surface area contributed by atoms with Crippen molar-refractivity contribution in [1.29, 1.82) is 0 Å². The lowest BCUT2D eigenvalue weighted by Crippen LogP contribution is -2.28. The van der Waals surface area contributed by atoms with Crippen LogP contribution in [0.3, 0.4) is 0 Å². The standard InChI is InChI=1S/C11H24ClNS/c1-5-14-7-6-13-9-10(12)8-11(2,3)4/h10,13H,5-9H2,1-4H3. The maximum Gasteiger partial charge on any atom is 0.0465 e. The second kappa shape index (κ2) is 7.84. The van der Waals surface area contributed by atoms with E-state index in [0.717, 1.165) is 19.5 Å². The van der Waals surface area contributed by atoms with Crippen LogP contribution in [0.2, 0.25) is 0 Å². The van der Waals surface area contributed by atoms with Crippen LogP contribution < -0.4 is 5.32 Å². The summed E-state index contributed by atoms with van der Waals surface area (Å²) in [6.45, 7) is 10.9. The molecule has 86 valence electrons. The molecule has 0 spiro atoms.